The molecule has 0 unspecified atom stereocenters. The second kappa shape index (κ2) is 8.85. The number of H-pyrrole nitrogens is 1. The summed E-state index contributed by atoms with van der Waals surface area (Å²) in [5.41, 5.74) is 1.42. The third kappa shape index (κ3) is 4.27. The van der Waals surface area contributed by atoms with E-state index in [1.807, 2.05) is 4.90 Å². The number of sulfonamides is 1. The number of nitrogens with one attached hydrogen (secondary N) is 1. The van der Waals surface area contributed by atoms with E-state index in [9.17, 15) is 17.6 Å². The summed E-state index contributed by atoms with van der Waals surface area (Å²) >= 11 is 0. The summed E-state index contributed by atoms with van der Waals surface area (Å²) in [5.74, 6) is -0.395. The van der Waals surface area contributed by atoms with Crippen molar-refractivity contribution in [1.29, 1.82) is 0 Å². The Bertz CT molecular complexity index is 974. The summed E-state index contributed by atoms with van der Waals surface area (Å²) in [7, 11) is -3.65. The van der Waals surface area contributed by atoms with E-state index in [1.54, 1.807) is 6.20 Å². The number of halogens is 1. The van der Waals surface area contributed by atoms with Gasteiger partial charge in [0.1, 0.15) is 5.82 Å². The monoisotopic (exact) mass is 434 g/mol. The Kier molecular flexibility index (Phi) is 6.19. The van der Waals surface area contributed by atoms with E-state index in [2.05, 4.69) is 10.2 Å². The molecule has 0 bridgehead atoms. The molecule has 3 heterocycles. The molecule has 0 atom stereocenters. The fourth-order valence-corrected chi connectivity index (χ4v) is 5.83. The summed E-state index contributed by atoms with van der Waals surface area (Å²) in [5, 5.41) is 7.12. The maximum Gasteiger partial charge on any atom is 0.257 e. The van der Waals surface area contributed by atoms with Crippen molar-refractivity contribution in [1.82, 2.24) is 19.4 Å². The average molecular weight is 435 g/mol. The van der Waals surface area contributed by atoms with E-state index in [0.717, 1.165) is 56.6 Å². The lowest BCUT2D eigenvalue weighted by molar-refractivity contribution is 0.0759. The van der Waals surface area contributed by atoms with Gasteiger partial charge in [0, 0.05) is 32.1 Å². The molecule has 30 heavy (non-hydrogen) atoms. The molecular formula is C21H27FN4O3S. The van der Waals surface area contributed by atoms with Crippen molar-refractivity contribution in [3.8, 4) is 0 Å². The summed E-state index contributed by atoms with van der Waals surface area (Å²) in [6.45, 7) is 2.25. The predicted octanol–water partition coefficient (Wildman–Crippen LogP) is 3.13. The van der Waals surface area contributed by atoms with Gasteiger partial charge in [-0.1, -0.05) is 12.8 Å². The number of aromatic amines is 1. The van der Waals surface area contributed by atoms with Gasteiger partial charge in [0.25, 0.3) is 5.91 Å². The molecule has 2 aliphatic rings. The maximum absolute atomic E-state index is 13.1. The quantitative estimate of drug-likeness (QED) is 0.801. The first-order chi connectivity index (χ1) is 14.5. The number of hydrogen-bond donors (Lipinski definition) is 1. The first-order valence-electron chi connectivity index (χ1n) is 10.5. The van der Waals surface area contributed by atoms with Gasteiger partial charge in [-0.25, -0.2) is 12.8 Å². The van der Waals surface area contributed by atoms with Crippen LogP contribution in [-0.4, -0.2) is 59.9 Å². The lowest BCUT2D eigenvalue weighted by Crippen LogP contribution is -2.38. The van der Waals surface area contributed by atoms with Crippen LogP contribution in [0.4, 0.5) is 4.39 Å². The largest absolute Gasteiger partial charge is 0.339 e. The summed E-state index contributed by atoms with van der Waals surface area (Å²) in [6.07, 6.45) is 7.17. The van der Waals surface area contributed by atoms with Crippen LogP contribution in [0.25, 0.3) is 0 Å². The minimum atomic E-state index is -3.65. The number of carbonyl (C=O) groups is 1. The first kappa shape index (κ1) is 21.0. The number of rotatable bonds is 4. The molecule has 0 aliphatic carbocycles. The highest BCUT2D eigenvalue weighted by molar-refractivity contribution is 7.89. The summed E-state index contributed by atoms with van der Waals surface area (Å²) in [4.78, 5) is 15.1. The van der Waals surface area contributed by atoms with Crippen LogP contribution in [0.1, 0.15) is 60.5 Å². The molecule has 2 aromatic rings. The molecule has 2 saturated heterocycles. The molecular weight excluding hydrogens is 407 g/mol. The number of amides is 1. The lowest BCUT2D eigenvalue weighted by Gasteiger charge is -2.31. The van der Waals surface area contributed by atoms with Gasteiger partial charge in [0.2, 0.25) is 10.0 Å². The lowest BCUT2D eigenvalue weighted by atomic mass is 9.92. The van der Waals surface area contributed by atoms with Gasteiger partial charge >= 0.3 is 0 Å². The second-order valence-corrected chi connectivity index (χ2v) is 9.97. The predicted molar refractivity (Wildman–Crippen MR) is 110 cm³/mol. The second-order valence-electron chi connectivity index (χ2n) is 8.04. The molecule has 1 aromatic heterocycles. The van der Waals surface area contributed by atoms with Crippen LogP contribution < -0.4 is 0 Å². The third-order valence-electron chi connectivity index (χ3n) is 6.11. The topological polar surface area (TPSA) is 86.4 Å². The van der Waals surface area contributed by atoms with E-state index in [4.69, 9.17) is 0 Å². The van der Waals surface area contributed by atoms with Crippen LogP contribution in [0.2, 0.25) is 0 Å². The van der Waals surface area contributed by atoms with Crippen molar-refractivity contribution in [2.45, 2.75) is 49.3 Å². The van der Waals surface area contributed by atoms with E-state index >= 15 is 0 Å². The molecule has 2 fully saturated rings. The van der Waals surface area contributed by atoms with Crippen LogP contribution in [0.5, 0.6) is 0 Å². The van der Waals surface area contributed by atoms with Crippen LogP contribution in [0, 0.1) is 5.82 Å². The number of aromatic nitrogens is 2. The third-order valence-corrected chi connectivity index (χ3v) is 8.02. The molecule has 0 radical (unpaired) electrons. The van der Waals surface area contributed by atoms with Gasteiger partial charge in [0.15, 0.2) is 0 Å². The minimum absolute atomic E-state index is 0.0158. The number of carbonyl (C=O) groups excluding carboxylic acids is 1. The Morgan fingerprint density at radius 1 is 1.00 bits per heavy atom. The zero-order chi connectivity index (χ0) is 21.1. The molecule has 1 N–H and O–H groups in total. The highest BCUT2D eigenvalue weighted by Gasteiger charge is 2.33. The van der Waals surface area contributed by atoms with E-state index in [1.165, 1.54) is 16.4 Å². The molecule has 7 nitrogen and oxygen atoms in total. The van der Waals surface area contributed by atoms with Gasteiger partial charge < -0.3 is 4.90 Å². The molecule has 0 saturated carbocycles. The Hall–Kier alpha value is -2.26. The molecule has 1 aromatic carbocycles. The highest BCUT2D eigenvalue weighted by Crippen LogP contribution is 2.32. The van der Waals surface area contributed by atoms with Crippen molar-refractivity contribution in [2.75, 3.05) is 26.2 Å². The normalized spacial score (nSPS) is 19.6. The maximum atomic E-state index is 13.1. The van der Waals surface area contributed by atoms with E-state index in [-0.39, 0.29) is 16.7 Å². The van der Waals surface area contributed by atoms with Crippen molar-refractivity contribution >= 4 is 15.9 Å². The van der Waals surface area contributed by atoms with Crippen molar-refractivity contribution < 1.29 is 17.6 Å². The fourth-order valence-electron chi connectivity index (χ4n) is 4.36. The average Bonchev–Trinajstić information content (AvgIpc) is 3.08. The van der Waals surface area contributed by atoms with Crippen molar-refractivity contribution in [3.05, 3.63) is 47.5 Å². The summed E-state index contributed by atoms with van der Waals surface area (Å²) < 4.78 is 40.2. The van der Waals surface area contributed by atoms with Gasteiger partial charge in [-0.15, -0.1) is 0 Å². The van der Waals surface area contributed by atoms with Crippen LogP contribution in [-0.2, 0) is 10.0 Å². The Balaban J connectivity index is 1.44. The molecule has 4 rings (SSSR count). The number of hydrogen-bond acceptors (Lipinski definition) is 4. The van der Waals surface area contributed by atoms with E-state index in [0.29, 0.717) is 31.5 Å². The minimum Gasteiger partial charge on any atom is -0.339 e. The Morgan fingerprint density at radius 2 is 1.63 bits per heavy atom. The molecule has 1 amide bonds. The number of benzene rings is 1. The standard InChI is InChI=1S/C21H27FN4O3S/c22-17-5-7-18(8-6-17)30(28,29)26-13-9-16(10-14-26)20-19(15-23-24-20)21(27)25-11-3-1-2-4-12-25/h5-8,15-16H,1-4,9-14H2,(H,23,24). The Labute approximate surface area is 176 Å². The zero-order valence-corrected chi connectivity index (χ0v) is 17.7. The van der Waals surface area contributed by atoms with Gasteiger partial charge in [-0.3, -0.25) is 9.89 Å². The zero-order valence-electron chi connectivity index (χ0n) is 16.9. The smallest absolute Gasteiger partial charge is 0.257 e. The molecule has 162 valence electrons. The first-order valence-corrected chi connectivity index (χ1v) is 12.0. The molecule has 9 heteroatoms. The van der Waals surface area contributed by atoms with Gasteiger partial charge in [-0.2, -0.15) is 9.40 Å². The van der Waals surface area contributed by atoms with Crippen LogP contribution >= 0.6 is 0 Å². The Morgan fingerprint density at radius 3 is 2.27 bits per heavy atom. The van der Waals surface area contributed by atoms with Crippen LogP contribution in [0.3, 0.4) is 0 Å². The molecule has 0 spiro atoms. The van der Waals surface area contributed by atoms with E-state index < -0.39 is 15.8 Å². The van der Waals surface area contributed by atoms with Crippen molar-refractivity contribution in [3.63, 3.8) is 0 Å². The van der Waals surface area contributed by atoms with Crippen molar-refractivity contribution in [2.24, 2.45) is 0 Å². The number of nitrogens with zero attached hydrogens (tertiary/aromatic N) is 3. The number of likely N-dealkylation sites (tertiary alicyclic amines) is 1. The van der Waals surface area contributed by atoms with Gasteiger partial charge in [0.05, 0.1) is 22.3 Å². The highest BCUT2D eigenvalue weighted by atomic mass is 32.2. The summed E-state index contributed by atoms with van der Waals surface area (Å²) in [6, 6.07) is 4.91. The molecule has 2 aliphatic heterocycles. The SMILES string of the molecule is O=C(c1cn[nH]c1C1CCN(S(=O)(=O)c2ccc(F)cc2)CC1)N1CCCCCC1. The van der Waals surface area contributed by atoms with Crippen LogP contribution in [0.15, 0.2) is 35.4 Å². The number of piperidine rings is 1. The fraction of sp³-hybridized carbons (Fsp3) is 0.524. The van der Waals surface area contributed by atoms with Gasteiger partial charge in [-0.05, 0) is 49.9 Å².